The van der Waals surface area contributed by atoms with E-state index in [1.807, 2.05) is 0 Å². The number of thiophene rings is 1. The number of rotatable bonds is 3. The Hall–Kier alpha value is -0.570. The number of halogens is 2. The van der Waals surface area contributed by atoms with Gasteiger partial charge in [0.2, 0.25) is 0 Å². The Kier molecular flexibility index (Phi) is 4.24. The van der Waals surface area contributed by atoms with Gasteiger partial charge in [-0.1, -0.05) is 0 Å². The second kappa shape index (κ2) is 5.43. The lowest BCUT2D eigenvalue weighted by atomic mass is 10.3. The molecule has 1 aromatic heterocycles. The maximum Gasteiger partial charge on any atom is 0.263 e. The molecule has 0 bridgehead atoms. The van der Waals surface area contributed by atoms with Crippen LogP contribution in [0.2, 0.25) is 0 Å². The molecule has 102 valence electrons. The fourth-order valence-corrected chi connectivity index (χ4v) is 5.48. The maximum atomic E-state index is 12.3. The van der Waals surface area contributed by atoms with Crippen molar-refractivity contribution in [2.75, 3.05) is 10.5 Å². The summed E-state index contributed by atoms with van der Waals surface area (Å²) >= 11 is 7.95. The smallest absolute Gasteiger partial charge is 0.263 e. The van der Waals surface area contributed by atoms with Gasteiger partial charge in [0, 0.05) is 15.0 Å². The zero-order chi connectivity index (χ0) is 14.2. The molecule has 0 fully saturated rings. The number of nitrogen functional groups attached to an aromatic ring is 1. The van der Waals surface area contributed by atoms with Crippen molar-refractivity contribution in [2.24, 2.45) is 0 Å². The van der Waals surface area contributed by atoms with Gasteiger partial charge in [0.05, 0.1) is 9.47 Å². The van der Waals surface area contributed by atoms with E-state index in [0.717, 1.165) is 8.66 Å². The second-order valence-electron chi connectivity index (χ2n) is 3.82. The van der Waals surface area contributed by atoms with Crippen LogP contribution in [0.25, 0.3) is 0 Å². The molecule has 0 spiro atoms. The second-order valence-corrected chi connectivity index (χ2v) is 8.96. The quantitative estimate of drug-likeness (QED) is 0.730. The first-order valence-corrected chi connectivity index (χ1v) is 9.02. The molecule has 0 atom stereocenters. The van der Waals surface area contributed by atoms with E-state index in [0.29, 0.717) is 15.8 Å². The average Bonchev–Trinajstić information content (AvgIpc) is 2.63. The standard InChI is InChI=1S/C11H10Br2N2O2S2/c1-6-10(5-11(13)18-6)19(16,17)15-9-4-7(14)2-3-8(9)12/h2-5,15H,14H2,1H3. The Bertz CT molecular complexity index is 726. The van der Waals surface area contributed by atoms with E-state index >= 15 is 0 Å². The Balaban J connectivity index is 2.42. The molecule has 4 nitrogen and oxygen atoms in total. The van der Waals surface area contributed by atoms with Crippen molar-refractivity contribution in [3.63, 3.8) is 0 Å². The molecule has 0 saturated heterocycles. The van der Waals surface area contributed by atoms with Gasteiger partial charge in [0.1, 0.15) is 4.90 Å². The summed E-state index contributed by atoms with van der Waals surface area (Å²) in [5.74, 6) is 0. The largest absolute Gasteiger partial charge is 0.399 e. The molecule has 0 aliphatic heterocycles. The van der Waals surface area contributed by atoms with Crippen molar-refractivity contribution in [3.05, 3.63) is 37.4 Å². The van der Waals surface area contributed by atoms with E-state index < -0.39 is 10.0 Å². The Morgan fingerprint density at radius 2 is 1.95 bits per heavy atom. The first kappa shape index (κ1) is 14.8. The summed E-state index contributed by atoms with van der Waals surface area (Å²) in [5.41, 5.74) is 6.57. The Morgan fingerprint density at radius 3 is 2.53 bits per heavy atom. The minimum Gasteiger partial charge on any atom is -0.399 e. The van der Waals surface area contributed by atoms with Crippen molar-refractivity contribution in [1.29, 1.82) is 0 Å². The van der Waals surface area contributed by atoms with E-state index in [4.69, 9.17) is 5.73 Å². The Labute approximate surface area is 132 Å². The number of aryl methyl sites for hydroxylation is 1. The molecule has 1 aromatic carbocycles. The predicted octanol–water partition coefficient (Wildman–Crippen LogP) is 3.96. The topological polar surface area (TPSA) is 72.2 Å². The van der Waals surface area contributed by atoms with Crippen molar-refractivity contribution in [1.82, 2.24) is 0 Å². The van der Waals surface area contributed by atoms with Gasteiger partial charge in [0.15, 0.2) is 0 Å². The lowest BCUT2D eigenvalue weighted by Gasteiger charge is -2.10. The van der Waals surface area contributed by atoms with E-state index in [-0.39, 0.29) is 4.90 Å². The summed E-state index contributed by atoms with van der Waals surface area (Å²) in [6, 6.07) is 6.54. The van der Waals surface area contributed by atoms with Gasteiger partial charge in [-0.2, -0.15) is 0 Å². The summed E-state index contributed by atoms with van der Waals surface area (Å²) in [6.45, 7) is 1.76. The molecule has 1 heterocycles. The van der Waals surface area contributed by atoms with Crippen LogP contribution in [-0.2, 0) is 10.0 Å². The lowest BCUT2D eigenvalue weighted by Crippen LogP contribution is -2.13. The number of nitrogens with two attached hydrogens (primary N) is 1. The van der Waals surface area contributed by atoms with Crippen molar-refractivity contribution in [3.8, 4) is 0 Å². The van der Waals surface area contributed by atoms with Crippen LogP contribution in [0.5, 0.6) is 0 Å². The SMILES string of the molecule is Cc1sc(Br)cc1S(=O)(=O)Nc1cc(N)ccc1Br. The molecule has 0 amide bonds. The summed E-state index contributed by atoms with van der Waals surface area (Å²) in [5, 5.41) is 0. The van der Waals surface area contributed by atoms with Crippen LogP contribution < -0.4 is 10.5 Å². The molecule has 2 rings (SSSR count). The molecule has 0 aliphatic carbocycles. The summed E-state index contributed by atoms with van der Waals surface area (Å²) in [7, 11) is -3.62. The first-order chi connectivity index (χ1) is 8.79. The van der Waals surface area contributed by atoms with Gasteiger partial charge in [0.25, 0.3) is 10.0 Å². The summed E-state index contributed by atoms with van der Waals surface area (Å²) in [6.07, 6.45) is 0. The summed E-state index contributed by atoms with van der Waals surface area (Å²) < 4.78 is 28.6. The molecule has 0 saturated carbocycles. The number of benzene rings is 1. The molecular formula is C11H10Br2N2O2S2. The van der Waals surface area contributed by atoms with Crippen molar-refractivity contribution < 1.29 is 8.42 Å². The number of anilines is 2. The van der Waals surface area contributed by atoms with E-state index in [1.165, 1.54) is 11.3 Å². The highest BCUT2D eigenvalue weighted by molar-refractivity contribution is 9.11. The highest BCUT2D eigenvalue weighted by Gasteiger charge is 2.20. The zero-order valence-electron chi connectivity index (χ0n) is 9.78. The number of hydrogen-bond donors (Lipinski definition) is 2. The highest BCUT2D eigenvalue weighted by Crippen LogP contribution is 2.32. The molecule has 0 radical (unpaired) electrons. The normalized spacial score (nSPS) is 11.5. The van der Waals surface area contributed by atoms with E-state index in [1.54, 1.807) is 31.2 Å². The van der Waals surface area contributed by atoms with Gasteiger partial charge >= 0.3 is 0 Å². The van der Waals surface area contributed by atoms with Crippen LogP contribution in [0.3, 0.4) is 0 Å². The van der Waals surface area contributed by atoms with Crippen LogP contribution >= 0.6 is 43.2 Å². The molecule has 2 aromatic rings. The fourth-order valence-electron chi connectivity index (χ4n) is 1.52. The third-order valence-electron chi connectivity index (χ3n) is 2.37. The molecule has 19 heavy (non-hydrogen) atoms. The highest BCUT2D eigenvalue weighted by atomic mass is 79.9. The molecule has 3 N–H and O–H groups in total. The monoisotopic (exact) mass is 424 g/mol. The van der Waals surface area contributed by atoms with E-state index in [9.17, 15) is 8.42 Å². The first-order valence-electron chi connectivity index (χ1n) is 5.13. The lowest BCUT2D eigenvalue weighted by molar-refractivity contribution is 0.601. The number of sulfonamides is 1. The molecular weight excluding hydrogens is 416 g/mol. The van der Waals surface area contributed by atoms with Crippen LogP contribution in [0.4, 0.5) is 11.4 Å². The fraction of sp³-hybridized carbons (Fsp3) is 0.0909. The van der Waals surface area contributed by atoms with Gasteiger partial charge in [-0.3, -0.25) is 4.72 Å². The van der Waals surface area contributed by atoms with Crippen molar-refractivity contribution >= 4 is 64.6 Å². The molecule has 0 aliphatic rings. The van der Waals surface area contributed by atoms with Crippen LogP contribution in [-0.4, -0.2) is 8.42 Å². The van der Waals surface area contributed by atoms with Gasteiger partial charge in [-0.15, -0.1) is 11.3 Å². The van der Waals surface area contributed by atoms with Crippen LogP contribution in [0.1, 0.15) is 4.88 Å². The van der Waals surface area contributed by atoms with E-state index in [2.05, 4.69) is 36.6 Å². The Morgan fingerprint density at radius 1 is 1.26 bits per heavy atom. The summed E-state index contributed by atoms with van der Waals surface area (Å²) in [4.78, 5) is 0.984. The molecule has 0 unspecified atom stereocenters. The van der Waals surface area contributed by atoms with Crippen LogP contribution in [0, 0.1) is 6.92 Å². The number of nitrogens with one attached hydrogen (secondary N) is 1. The van der Waals surface area contributed by atoms with Crippen molar-refractivity contribution in [2.45, 2.75) is 11.8 Å². The van der Waals surface area contributed by atoms with Crippen LogP contribution in [0.15, 0.2) is 37.4 Å². The predicted molar refractivity (Wildman–Crippen MR) is 86.1 cm³/mol. The van der Waals surface area contributed by atoms with Gasteiger partial charge in [-0.05, 0) is 63.0 Å². The maximum absolute atomic E-state index is 12.3. The third-order valence-corrected chi connectivity index (χ3v) is 6.23. The third kappa shape index (κ3) is 3.31. The van der Waals surface area contributed by atoms with Gasteiger partial charge < -0.3 is 5.73 Å². The zero-order valence-corrected chi connectivity index (χ0v) is 14.6. The minimum atomic E-state index is -3.62. The average molecular weight is 426 g/mol. The molecule has 8 heteroatoms. The minimum absolute atomic E-state index is 0.263. The van der Waals surface area contributed by atoms with Gasteiger partial charge in [-0.25, -0.2) is 8.42 Å². The number of hydrogen-bond acceptors (Lipinski definition) is 4.